The van der Waals surface area contributed by atoms with Crippen LogP contribution in [0.3, 0.4) is 0 Å². The second-order valence-corrected chi connectivity index (χ2v) is 7.78. The maximum atomic E-state index is 13.3. The van der Waals surface area contributed by atoms with Crippen LogP contribution in [0.5, 0.6) is 0 Å². The summed E-state index contributed by atoms with van der Waals surface area (Å²) >= 11 is 0. The molecular formula is C22H33FIN5O. The Labute approximate surface area is 195 Å². The maximum Gasteiger partial charge on any atom is 0.224 e. The summed E-state index contributed by atoms with van der Waals surface area (Å²) in [5.41, 5.74) is 1.95. The maximum absolute atomic E-state index is 13.3. The molecule has 1 aliphatic rings. The van der Waals surface area contributed by atoms with E-state index in [0.29, 0.717) is 25.4 Å². The van der Waals surface area contributed by atoms with E-state index in [1.54, 1.807) is 0 Å². The van der Waals surface area contributed by atoms with Crippen molar-refractivity contribution in [2.45, 2.75) is 39.5 Å². The fourth-order valence-corrected chi connectivity index (χ4v) is 3.86. The minimum Gasteiger partial charge on any atom is -0.361 e. The zero-order valence-corrected chi connectivity index (χ0v) is 20.2. The van der Waals surface area contributed by atoms with Gasteiger partial charge in [-0.2, -0.15) is 0 Å². The first-order valence-corrected chi connectivity index (χ1v) is 10.6. The molecule has 1 aromatic carbocycles. The fourth-order valence-electron chi connectivity index (χ4n) is 3.86. The number of aliphatic imine (C=N–C) groups is 1. The lowest BCUT2D eigenvalue weighted by Crippen LogP contribution is -2.40. The van der Waals surface area contributed by atoms with Crippen LogP contribution >= 0.6 is 24.0 Å². The summed E-state index contributed by atoms with van der Waals surface area (Å²) in [6.45, 7) is 7.91. The minimum absolute atomic E-state index is 0. The molecule has 0 spiro atoms. The smallest absolute Gasteiger partial charge is 0.224 e. The van der Waals surface area contributed by atoms with Gasteiger partial charge in [0.25, 0.3) is 0 Å². The first kappa shape index (κ1) is 24.4. The molecule has 1 aromatic heterocycles. The predicted molar refractivity (Wildman–Crippen MR) is 131 cm³/mol. The van der Waals surface area contributed by atoms with Crippen molar-refractivity contribution in [2.75, 3.05) is 32.7 Å². The molecule has 0 aliphatic carbocycles. The lowest BCUT2D eigenvalue weighted by Gasteiger charge is -2.30. The van der Waals surface area contributed by atoms with E-state index in [1.165, 1.54) is 18.6 Å². The normalized spacial score (nSPS) is 17.0. The van der Waals surface area contributed by atoms with Gasteiger partial charge in [-0.15, -0.1) is 24.0 Å². The average Bonchev–Trinajstić information content (AvgIpc) is 3.10. The van der Waals surface area contributed by atoms with E-state index in [-0.39, 0.29) is 35.7 Å². The van der Waals surface area contributed by atoms with Gasteiger partial charge in [0, 0.05) is 49.7 Å². The van der Waals surface area contributed by atoms with Crippen molar-refractivity contribution >= 4 is 46.7 Å². The zero-order valence-electron chi connectivity index (χ0n) is 17.8. The van der Waals surface area contributed by atoms with Crippen molar-refractivity contribution in [1.29, 1.82) is 0 Å². The highest BCUT2D eigenvalue weighted by Gasteiger charge is 2.20. The van der Waals surface area contributed by atoms with E-state index >= 15 is 0 Å². The topological polar surface area (TPSA) is 72.5 Å². The van der Waals surface area contributed by atoms with Crippen molar-refractivity contribution in [2.24, 2.45) is 10.9 Å². The summed E-state index contributed by atoms with van der Waals surface area (Å²) in [7, 11) is 0. The highest BCUT2D eigenvalue weighted by Crippen LogP contribution is 2.19. The number of hydrogen-bond acceptors (Lipinski definition) is 2. The molecule has 8 heteroatoms. The van der Waals surface area contributed by atoms with Crippen molar-refractivity contribution in [3.05, 3.63) is 35.8 Å². The van der Waals surface area contributed by atoms with E-state index in [2.05, 4.69) is 27.5 Å². The summed E-state index contributed by atoms with van der Waals surface area (Å²) in [4.78, 5) is 22.0. The second-order valence-electron chi connectivity index (χ2n) is 7.78. The fraction of sp³-hybridized carbons (Fsp3) is 0.545. The molecular weight excluding hydrogens is 496 g/mol. The number of nitrogens with zero attached hydrogens (tertiary/aromatic N) is 2. The van der Waals surface area contributed by atoms with Gasteiger partial charge >= 0.3 is 0 Å². The minimum atomic E-state index is -0.237. The molecule has 1 saturated heterocycles. The SMILES string of the molecule is CCNC(=NCCC(=O)N1CCCC(C)C1)NCCc1c[nH]c2cc(F)ccc12.I. The summed E-state index contributed by atoms with van der Waals surface area (Å²) in [6, 6.07) is 4.81. The Morgan fingerprint density at radius 2 is 2.20 bits per heavy atom. The third-order valence-electron chi connectivity index (χ3n) is 5.37. The van der Waals surface area contributed by atoms with Gasteiger partial charge in [-0.3, -0.25) is 9.79 Å². The van der Waals surface area contributed by atoms with Crippen LogP contribution in [0.15, 0.2) is 29.4 Å². The number of H-pyrrole nitrogens is 1. The zero-order chi connectivity index (χ0) is 20.6. The molecule has 1 amide bonds. The number of hydrogen-bond donors (Lipinski definition) is 3. The molecule has 6 nitrogen and oxygen atoms in total. The Kier molecular flexibility index (Phi) is 9.87. The Balaban J connectivity index is 0.00000320. The number of carbonyl (C=O) groups excluding carboxylic acids is 1. The summed E-state index contributed by atoms with van der Waals surface area (Å²) in [6.07, 6.45) is 5.47. The van der Waals surface area contributed by atoms with E-state index in [0.717, 1.165) is 54.9 Å². The molecule has 0 bridgehead atoms. The standard InChI is InChI=1S/C22H32FN5O.HI/c1-3-24-22(26-11-9-21(29)28-12-4-5-16(2)15-28)25-10-8-17-14-27-20-13-18(23)6-7-19(17)20;/h6-7,13-14,16,27H,3-5,8-12,15H2,1-2H3,(H2,24,25,26);1H. The predicted octanol–water partition coefficient (Wildman–Crippen LogP) is 3.67. The van der Waals surface area contributed by atoms with Crippen LogP contribution in [-0.4, -0.2) is 54.5 Å². The molecule has 2 heterocycles. The Hall–Kier alpha value is -1.84. The van der Waals surface area contributed by atoms with Gasteiger partial charge in [-0.05, 0) is 55.9 Å². The number of guanidine groups is 1. The Morgan fingerprint density at radius 1 is 1.37 bits per heavy atom. The number of likely N-dealkylation sites (tertiary alicyclic amines) is 1. The number of carbonyl (C=O) groups is 1. The monoisotopic (exact) mass is 529 g/mol. The second kappa shape index (κ2) is 12.1. The molecule has 3 N–H and O–H groups in total. The summed E-state index contributed by atoms with van der Waals surface area (Å²) in [5.74, 6) is 1.27. The third kappa shape index (κ3) is 6.85. The number of amides is 1. The van der Waals surface area contributed by atoms with Gasteiger partial charge < -0.3 is 20.5 Å². The van der Waals surface area contributed by atoms with Gasteiger partial charge in [0.1, 0.15) is 5.82 Å². The van der Waals surface area contributed by atoms with E-state index in [4.69, 9.17) is 0 Å². The van der Waals surface area contributed by atoms with Crippen LogP contribution in [-0.2, 0) is 11.2 Å². The van der Waals surface area contributed by atoms with Crippen LogP contribution in [0.4, 0.5) is 4.39 Å². The van der Waals surface area contributed by atoms with Gasteiger partial charge in [-0.25, -0.2) is 4.39 Å². The number of benzene rings is 1. The van der Waals surface area contributed by atoms with Crippen LogP contribution in [0.2, 0.25) is 0 Å². The first-order valence-electron chi connectivity index (χ1n) is 10.6. The van der Waals surface area contributed by atoms with Gasteiger partial charge in [0.15, 0.2) is 5.96 Å². The number of piperidine rings is 1. The van der Waals surface area contributed by atoms with E-state index < -0.39 is 0 Å². The number of nitrogens with one attached hydrogen (secondary N) is 3. The summed E-state index contributed by atoms with van der Waals surface area (Å²) in [5, 5.41) is 7.58. The number of halogens is 2. The van der Waals surface area contributed by atoms with Gasteiger partial charge in [0.05, 0.1) is 6.54 Å². The Morgan fingerprint density at radius 3 is 2.97 bits per heavy atom. The molecule has 1 atom stereocenters. The lowest BCUT2D eigenvalue weighted by atomic mass is 10.00. The number of aromatic amines is 1. The quantitative estimate of drug-likeness (QED) is 0.291. The molecule has 30 heavy (non-hydrogen) atoms. The van der Waals surface area contributed by atoms with E-state index in [9.17, 15) is 9.18 Å². The lowest BCUT2D eigenvalue weighted by molar-refractivity contribution is -0.132. The molecule has 1 unspecified atom stereocenters. The van der Waals surface area contributed by atoms with Crippen LogP contribution < -0.4 is 10.6 Å². The van der Waals surface area contributed by atoms with Crippen molar-refractivity contribution in [3.8, 4) is 0 Å². The largest absolute Gasteiger partial charge is 0.361 e. The Bertz CT molecular complexity index is 853. The highest BCUT2D eigenvalue weighted by atomic mass is 127. The van der Waals surface area contributed by atoms with Gasteiger partial charge in [-0.1, -0.05) is 6.92 Å². The number of fused-ring (bicyclic) bond motifs is 1. The first-order chi connectivity index (χ1) is 14.1. The molecule has 1 fully saturated rings. The number of rotatable bonds is 7. The average molecular weight is 529 g/mol. The van der Waals surface area contributed by atoms with Crippen LogP contribution in [0.25, 0.3) is 10.9 Å². The third-order valence-corrected chi connectivity index (χ3v) is 5.37. The van der Waals surface area contributed by atoms with Crippen molar-refractivity contribution < 1.29 is 9.18 Å². The molecule has 166 valence electrons. The van der Waals surface area contributed by atoms with Crippen molar-refractivity contribution in [1.82, 2.24) is 20.5 Å². The number of aromatic nitrogens is 1. The van der Waals surface area contributed by atoms with Gasteiger partial charge in [0.2, 0.25) is 5.91 Å². The molecule has 0 radical (unpaired) electrons. The molecule has 0 saturated carbocycles. The van der Waals surface area contributed by atoms with E-state index in [1.807, 2.05) is 24.1 Å². The van der Waals surface area contributed by atoms with Crippen LogP contribution in [0.1, 0.15) is 38.7 Å². The molecule has 2 aromatic rings. The molecule has 1 aliphatic heterocycles. The van der Waals surface area contributed by atoms with Crippen molar-refractivity contribution in [3.63, 3.8) is 0 Å². The highest BCUT2D eigenvalue weighted by molar-refractivity contribution is 14.0. The summed E-state index contributed by atoms with van der Waals surface area (Å²) < 4.78 is 13.3. The van der Waals surface area contributed by atoms with Crippen LogP contribution in [0, 0.1) is 11.7 Å². The molecule has 3 rings (SSSR count).